The van der Waals surface area contributed by atoms with Crippen molar-refractivity contribution in [1.29, 1.82) is 0 Å². The van der Waals surface area contributed by atoms with E-state index < -0.39 is 5.60 Å². The predicted octanol–water partition coefficient (Wildman–Crippen LogP) is 8.12. The highest BCUT2D eigenvalue weighted by molar-refractivity contribution is 5.86. The molecule has 1 aromatic carbocycles. The molecular weight excluding hydrogens is 408 g/mol. The van der Waals surface area contributed by atoms with Crippen molar-refractivity contribution in [3.63, 3.8) is 0 Å². The van der Waals surface area contributed by atoms with Crippen LogP contribution in [0.3, 0.4) is 0 Å². The molecule has 0 radical (unpaired) electrons. The van der Waals surface area contributed by atoms with Crippen molar-refractivity contribution in [3.8, 4) is 0 Å². The standard InChI is InChI=1S/C30H48O3/c1-7-12-24-14-16-25(17-15-24)26-18-20-27(21-19-26)29(3,4)33-23-11-9-10-13-28(31)30(5,6)32-22-8-2/h8,18-21,24-25H,2,7,9-17,22-23H2,1,3-6H3. The molecule has 1 saturated carbocycles. The van der Waals surface area contributed by atoms with Gasteiger partial charge in [-0.05, 0) is 89.2 Å². The van der Waals surface area contributed by atoms with E-state index >= 15 is 0 Å². The summed E-state index contributed by atoms with van der Waals surface area (Å²) in [5.41, 5.74) is 1.71. The number of ether oxygens (including phenoxy) is 2. The summed E-state index contributed by atoms with van der Waals surface area (Å²) in [6, 6.07) is 9.18. The summed E-state index contributed by atoms with van der Waals surface area (Å²) in [7, 11) is 0. The summed E-state index contributed by atoms with van der Waals surface area (Å²) < 4.78 is 11.8. The molecule has 1 aliphatic rings. The van der Waals surface area contributed by atoms with Crippen LogP contribution in [0.15, 0.2) is 36.9 Å². The molecule has 0 aliphatic heterocycles. The molecule has 0 heterocycles. The number of ketones is 1. The van der Waals surface area contributed by atoms with Crippen molar-refractivity contribution < 1.29 is 14.3 Å². The van der Waals surface area contributed by atoms with Gasteiger partial charge in [-0.25, -0.2) is 0 Å². The zero-order chi connectivity index (χ0) is 24.3. The van der Waals surface area contributed by atoms with Gasteiger partial charge < -0.3 is 9.47 Å². The molecule has 186 valence electrons. The fraction of sp³-hybridized carbons (Fsp3) is 0.700. The average molecular weight is 457 g/mol. The Kier molecular flexibility index (Phi) is 11.3. The van der Waals surface area contributed by atoms with Crippen molar-refractivity contribution in [3.05, 3.63) is 48.0 Å². The second-order valence-electron chi connectivity index (χ2n) is 10.8. The van der Waals surface area contributed by atoms with Crippen LogP contribution in [0.5, 0.6) is 0 Å². The zero-order valence-electron chi connectivity index (χ0n) is 22.0. The minimum absolute atomic E-state index is 0.157. The minimum atomic E-state index is -0.728. The van der Waals surface area contributed by atoms with E-state index in [0.29, 0.717) is 19.6 Å². The lowest BCUT2D eigenvalue weighted by Crippen LogP contribution is -2.35. The number of hydrogen-bond donors (Lipinski definition) is 0. The van der Waals surface area contributed by atoms with E-state index in [4.69, 9.17) is 9.47 Å². The van der Waals surface area contributed by atoms with Crippen LogP contribution in [0, 0.1) is 5.92 Å². The van der Waals surface area contributed by atoms with E-state index in [0.717, 1.165) is 31.1 Å². The number of benzene rings is 1. The highest BCUT2D eigenvalue weighted by Crippen LogP contribution is 2.38. The third-order valence-electron chi connectivity index (χ3n) is 7.37. The van der Waals surface area contributed by atoms with Gasteiger partial charge in [0.25, 0.3) is 0 Å². The SMILES string of the molecule is C=CCOC(C)(C)C(=O)CCCCCOC(C)(C)c1ccc(C2CCC(CCC)CC2)cc1. The predicted molar refractivity (Wildman–Crippen MR) is 139 cm³/mol. The van der Waals surface area contributed by atoms with Crippen LogP contribution in [0.2, 0.25) is 0 Å². The topological polar surface area (TPSA) is 35.5 Å². The highest BCUT2D eigenvalue weighted by Gasteiger charge is 2.27. The van der Waals surface area contributed by atoms with Gasteiger partial charge in [0, 0.05) is 13.0 Å². The fourth-order valence-electron chi connectivity index (χ4n) is 4.97. The van der Waals surface area contributed by atoms with Gasteiger partial charge in [0.2, 0.25) is 0 Å². The molecule has 1 fully saturated rings. The van der Waals surface area contributed by atoms with E-state index in [-0.39, 0.29) is 11.4 Å². The highest BCUT2D eigenvalue weighted by atomic mass is 16.5. The Balaban J connectivity index is 1.70. The third kappa shape index (κ3) is 9.02. The fourth-order valence-corrected chi connectivity index (χ4v) is 4.97. The molecule has 0 amide bonds. The van der Waals surface area contributed by atoms with E-state index in [2.05, 4.69) is 51.6 Å². The summed E-state index contributed by atoms with van der Waals surface area (Å²) in [5, 5.41) is 0. The molecular formula is C30H48O3. The van der Waals surface area contributed by atoms with Gasteiger partial charge in [-0.2, -0.15) is 0 Å². The van der Waals surface area contributed by atoms with Gasteiger partial charge >= 0.3 is 0 Å². The van der Waals surface area contributed by atoms with Crippen LogP contribution in [0.1, 0.15) is 116 Å². The Morgan fingerprint density at radius 1 is 1.00 bits per heavy atom. The van der Waals surface area contributed by atoms with Crippen molar-refractivity contribution in [1.82, 2.24) is 0 Å². The third-order valence-corrected chi connectivity index (χ3v) is 7.37. The van der Waals surface area contributed by atoms with Crippen molar-refractivity contribution in [2.75, 3.05) is 13.2 Å². The number of Topliss-reactive ketones (excluding diaryl/α,β-unsaturated/α-hetero) is 1. The molecule has 0 unspecified atom stereocenters. The summed E-state index contributed by atoms with van der Waals surface area (Å²) in [6.45, 7) is 15.1. The average Bonchev–Trinajstić information content (AvgIpc) is 2.80. The molecule has 0 aromatic heterocycles. The maximum atomic E-state index is 12.3. The van der Waals surface area contributed by atoms with Gasteiger partial charge in [-0.15, -0.1) is 6.58 Å². The summed E-state index contributed by atoms with van der Waals surface area (Å²) >= 11 is 0. The summed E-state index contributed by atoms with van der Waals surface area (Å²) in [4.78, 5) is 12.3. The van der Waals surface area contributed by atoms with Crippen LogP contribution in [-0.2, 0) is 19.9 Å². The molecule has 1 aromatic rings. The molecule has 0 atom stereocenters. The minimum Gasteiger partial charge on any atom is -0.371 e. The van der Waals surface area contributed by atoms with Crippen LogP contribution in [-0.4, -0.2) is 24.6 Å². The van der Waals surface area contributed by atoms with E-state index in [1.165, 1.54) is 49.7 Å². The Bertz CT molecular complexity index is 709. The van der Waals surface area contributed by atoms with Gasteiger partial charge in [0.15, 0.2) is 5.78 Å². The molecule has 2 rings (SSSR count). The number of carbonyl (C=O) groups is 1. The van der Waals surface area contributed by atoms with Crippen LogP contribution >= 0.6 is 0 Å². The van der Waals surface area contributed by atoms with Gasteiger partial charge in [0.1, 0.15) is 5.60 Å². The maximum Gasteiger partial charge on any atom is 0.164 e. The Morgan fingerprint density at radius 2 is 1.67 bits per heavy atom. The molecule has 3 heteroatoms. The Hall–Kier alpha value is -1.45. The first-order valence-electron chi connectivity index (χ1n) is 13.2. The van der Waals surface area contributed by atoms with Crippen LogP contribution in [0.25, 0.3) is 0 Å². The molecule has 1 aliphatic carbocycles. The van der Waals surface area contributed by atoms with Crippen molar-refractivity contribution >= 4 is 5.78 Å². The second-order valence-corrected chi connectivity index (χ2v) is 10.8. The lowest BCUT2D eigenvalue weighted by atomic mass is 9.77. The van der Waals surface area contributed by atoms with Crippen LogP contribution < -0.4 is 0 Å². The van der Waals surface area contributed by atoms with Crippen LogP contribution in [0.4, 0.5) is 0 Å². The first kappa shape index (κ1) is 27.8. The number of unbranched alkanes of at least 4 members (excludes halogenated alkanes) is 2. The van der Waals surface area contributed by atoms with Gasteiger partial charge in [-0.1, -0.05) is 56.5 Å². The van der Waals surface area contributed by atoms with E-state index in [1.54, 1.807) is 6.08 Å². The van der Waals surface area contributed by atoms with Gasteiger partial charge in [0.05, 0.1) is 12.2 Å². The van der Waals surface area contributed by atoms with E-state index in [9.17, 15) is 4.79 Å². The van der Waals surface area contributed by atoms with Crippen molar-refractivity contribution in [2.45, 2.75) is 116 Å². The zero-order valence-corrected chi connectivity index (χ0v) is 22.0. The Morgan fingerprint density at radius 3 is 2.27 bits per heavy atom. The quantitative estimate of drug-likeness (QED) is 0.197. The largest absolute Gasteiger partial charge is 0.371 e. The summed E-state index contributed by atoms with van der Waals surface area (Å²) in [5.74, 6) is 1.84. The number of hydrogen-bond acceptors (Lipinski definition) is 3. The first-order valence-corrected chi connectivity index (χ1v) is 13.2. The normalized spacial score (nSPS) is 19.4. The smallest absolute Gasteiger partial charge is 0.164 e. The number of carbonyl (C=O) groups excluding carboxylic acids is 1. The molecule has 3 nitrogen and oxygen atoms in total. The molecule has 33 heavy (non-hydrogen) atoms. The Labute approximate surface area is 203 Å². The van der Waals surface area contributed by atoms with E-state index in [1.807, 2.05) is 13.8 Å². The molecule has 0 bridgehead atoms. The lowest BCUT2D eigenvalue weighted by Gasteiger charge is -2.30. The monoisotopic (exact) mass is 456 g/mol. The lowest BCUT2D eigenvalue weighted by molar-refractivity contribution is -0.139. The molecule has 0 saturated heterocycles. The maximum absolute atomic E-state index is 12.3. The van der Waals surface area contributed by atoms with Crippen molar-refractivity contribution in [2.24, 2.45) is 5.92 Å². The second kappa shape index (κ2) is 13.4. The van der Waals surface area contributed by atoms with Gasteiger partial charge in [-0.3, -0.25) is 4.79 Å². The summed E-state index contributed by atoms with van der Waals surface area (Å²) in [6.07, 6.45) is 13.2. The number of rotatable bonds is 15. The molecule has 0 N–H and O–H groups in total. The molecule has 0 spiro atoms. The first-order chi connectivity index (χ1) is 15.7.